The molecule has 0 saturated heterocycles. The van der Waals surface area contributed by atoms with E-state index >= 15 is 0 Å². The number of Topliss-reactive ketones (excluding diaryl/α,β-unsaturated/α-hetero) is 1. The second kappa shape index (κ2) is 10.6. The average Bonchev–Trinajstić information content (AvgIpc) is 2.58. The molecule has 8 heteroatoms. The molecule has 0 heterocycles. The van der Waals surface area contributed by atoms with Gasteiger partial charge in [0.15, 0.2) is 11.9 Å². The number of urea groups is 1. The molecule has 0 saturated carbocycles. The number of amides is 3. The number of rotatable bonds is 8. The van der Waals surface area contributed by atoms with E-state index in [9.17, 15) is 19.2 Å². The minimum atomic E-state index is -1.13. The van der Waals surface area contributed by atoms with Crippen LogP contribution in [0.4, 0.5) is 4.79 Å². The summed E-state index contributed by atoms with van der Waals surface area (Å²) in [5.74, 6) is -1.58. The van der Waals surface area contributed by atoms with Crippen LogP contribution in [0.1, 0.15) is 44.0 Å². The summed E-state index contributed by atoms with van der Waals surface area (Å²) in [5, 5.41) is 4.57. The molecule has 1 rings (SSSR count). The number of ether oxygens (including phenoxy) is 1. The van der Waals surface area contributed by atoms with Gasteiger partial charge in [0.05, 0.1) is 6.42 Å². The summed E-state index contributed by atoms with van der Waals surface area (Å²) in [4.78, 5) is 48.1. The van der Waals surface area contributed by atoms with E-state index in [1.807, 2.05) is 18.4 Å². The fourth-order valence-electron chi connectivity index (χ4n) is 1.96. The first-order valence-corrected chi connectivity index (χ1v) is 9.43. The summed E-state index contributed by atoms with van der Waals surface area (Å²) in [6.07, 6.45) is 0.659. The van der Waals surface area contributed by atoms with Crippen molar-refractivity contribution in [3.63, 3.8) is 0 Å². The lowest BCUT2D eigenvalue weighted by molar-refractivity contribution is -0.154. The number of ketones is 1. The Balaban J connectivity index is 2.41. The molecule has 1 aromatic carbocycles. The number of hydrogen-bond acceptors (Lipinski definition) is 6. The summed E-state index contributed by atoms with van der Waals surface area (Å²) in [6.45, 7) is 4.86. The topological polar surface area (TPSA) is 102 Å². The van der Waals surface area contributed by atoms with Crippen LogP contribution in [0.15, 0.2) is 29.2 Å². The van der Waals surface area contributed by atoms with Crippen LogP contribution in [0.2, 0.25) is 0 Å². The third kappa shape index (κ3) is 7.69. The standard InChI is InChI=1S/C18H24N2O5S/c1-11(2)19-18(24)20-17(23)12(3)25-16(22)10-9-15(21)13-5-7-14(26-4)8-6-13/h5-8,11-12H,9-10H2,1-4H3,(H2,19,20,23,24)/t12-/m1/s1. The molecule has 2 N–H and O–H groups in total. The van der Waals surface area contributed by atoms with Crippen LogP contribution in [-0.4, -0.2) is 42.1 Å². The molecule has 26 heavy (non-hydrogen) atoms. The highest BCUT2D eigenvalue weighted by molar-refractivity contribution is 7.98. The maximum absolute atomic E-state index is 12.1. The van der Waals surface area contributed by atoms with Gasteiger partial charge >= 0.3 is 12.0 Å². The van der Waals surface area contributed by atoms with E-state index in [1.165, 1.54) is 6.92 Å². The average molecular weight is 380 g/mol. The minimum Gasteiger partial charge on any atom is -0.453 e. The molecule has 0 aliphatic carbocycles. The summed E-state index contributed by atoms with van der Waals surface area (Å²) >= 11 is 1.57. The van der Waals surface area contributed by atoms with E-state index in [0.29, 0.717) is 5.56 Å². The fourth-order valence-corrected chi connectivity index (χ4v) is 2.37. The van der Waals surface area contributed by atoms with E-state index in [-0.39, 0.29) is 24.7 Å². The minimum absolute atomic E-state index is 0.0143. The number of nitrogens with one attached hydrogen (secondary N) is 2. The van der Waals surface area contributed by atoms with Crippen molar-refractivity contribution in [3.05, 3.63) is 29.8 Å². The second-order valence-electron chi connectivity index (χ2n) is 5.90. The highest BCUT2D eigenvalue weighted by atomic mass is 32.2. The van der Waals surface area contributed by atoms with Gasteiger partial charge in [0.2, 0.25) is 0 Å². The van der Waals surface area contributed by atoms with Gasteiger partial charge < -0.3 is 10.1 Å². The van der Waals surface area contributed by atoms with Crippen LogP contribution in [0, 0.1) is 0 Å². The van der Waals surface area contributed by atoms with Gasteiger partial charge in [0.1, 0.15) is 0 Å². The number of carbonyl (C=O) groups excluding carboxylic acids is 4. The first-order chi connectivity index (χ1) is 12.2. The molecule has 1 aromatic rings. The number of benzene rings is 1. The maximum atomic E-state index is 12.1. The smallest absolute Gasteiger partial charge is 0.321 e. The third-order valence-electron chi connectivity index (χ3n) is 3.30. The van der Waals surface area contributed by atoms with Gasteiger partial charge in [-0.15, -0.1) is 11.8 Å². The molecular formula is C18H24N2O5S. The van der Waals surface area contributed by atoms with Gasteiger partial charge in [0, 0.05) is 22.9 Å². The van der Waals surface area contributed by atoms with Gasteiger partial charge in [0.25, 0.3) is 5.91 Å². The zero-order valence-electron chi connectivity index (χ0n) is 15.3. The Morgan fingerprint density at radius 1 is 1.04 bits per heavy atom. The maximum Gasteiger partial charge on any atom is 0.321 e. The molecular weight excluding hydrogens is 356 g/mol. The summed E-state index contributed by atoms with van der Waals surface area (Å²) in [5.41, 5.74) is 0.520. The van der Waals surface area contributed by atoms with Crippen LogP contribution in [0.3, 0.4) is 0 Å². The van der Waals surface area contributed by atoms with Gasteiger partial charge in [-0.3, -0.25) is 19.7 Å². The van der Waals surface area contributed by atoms with Crippen molar-refractivity contribution < 1.29 is 23.9 Å². The number of thioether (sulfide) groups is 1. The van der Waals surface area contributed by atoms with Crippen LogP contribution in [0.5, 0.6) is 0 Å². The third-order valence-corrected chi connectivity index (χ3v) is 4.05. The predicted molar refractivity (Wildman–Crippen MR) is 99.2 cm³/mol. The highest BCUT2D eigenvalue weighted by Gasteiger charge is 2.20. The van der Waals surface area contributed by atoms with E-state index in [4.69, 9.17) is 4.74 Å². The summed E-state index contributed by atoms with van der Waals surface area (Å²) < 4.78 is 4.95. The summed E-state index contributed by atoms with van der Waals surface area (Å²) in [6, 6.07) is 6.31. The Morgan fingerprint density at radius 2 is 1.65 bits per heavy atom. The van der Waals surface area contributed by atoms with Gasteiger partial charge in [-0.1, -0.05) is 12.1 Å². The molecule has 142 valence electrons. The van der Waals surface area contributed by atoms with Crippen molar-refractivity contribution in [2.75, 3.05) is 6.26 Å². The Bertz CT molecular complexity index is 658. The summed E-state index contributed by atoms with van der Waals surface area (Å²) in [7, 11) is 0. The lowest BCUT2D eigenvalue weighted by Gasteiger charge is -2.14. The van der Waals surface area contributed by atoms with Gasteiger partial charge in [-0.25, -0.2) is 4.79 Å². The van der Waals surface area contributed by atoms with E-state index < -0.39 is 24.0 Å². The first-order valence-electron chi connectivity index (χ1n) is 8.21. The molecule has 1 atom stereocenters. The normalized spacial score (nSPS) is 11.6. The van der Waals surface area contributed by atoms with Crippen LogP contribution < -0.4 is 10.6 Å². The SMILES string of the molecule is CSc1ccc(C(=O)CCC(=O)O[C@H](C)C(=O)NC(=O)NC(C)C)cc1. The van der Waals surface area contributed by atoms with Crippen molar-refractivity contribution in [1.29, 1.82) is 0 Å². The van der Waals surface area contributed by atoms with E-state index in [1.54, 1.807) is 37.7 Å². The van der Waals surface area contributed by atoms with Crippen LogP contribution in [0.25, 0.3) is 0 Å². The molecule has 0 spiro atoms. The van der Waals surface area contributed by atoms with Gasteiger partial charge in [-0.2, -0.15) is 0 Å². The number of esters is 1. The molecule has 0 radical (unpaired) electrons. The Morgan fingerprint density at radius 3 is 2.19 bits per heavy atom. The van der Waals surface area contributed by atoms with Crippen molar-refractivity contribution in [2.24, 2.45) is 0 Å². The van der Waals surface area contributed by atoms with Gasteiger partial charge in [-0.05, 0) is 39.2 Å². The molecule has 0 fully saturated rings. The Hall–Kier alpha value is -2.35. The quantitative estimate of drug-likeness (QED) is 0.408. The Kier molecular flexibility index (Phi) is 8.84. The molecule has 3 amide bonds. The van der Waals surface area contributed by atoms with E-state index in [2.05, 4.69) is 10.6 Å². The monoisotopic (exact) mass is 380 g/mol. The largest absolute Gasteiger partial charge is 0.453 e. The van der Waals surface area contributed by atoms with Crippen molar-refractivity contribution in [2.45, 2.75) is 50.7 Å². The zero-order chi connectivity index (χ0) is 19.7. The van der Waals surface area contributed by atoms with Crippen molar-refractivity contribution in [1.82, 2.24) is 10.6 Å². The van der Waals surface area contributed by atoms with Crippen LogP contribution in [-0.2, 0) is 14.3 Å². The molecule has 0 bridgehead atoms. The molecule has 7 nitrogen and oxygen atoms in total. The number of hydrogen-bond donors (Lipinski definition) is 2. The lowest BCUT2D eigenvalue weighted by Crippen LogP contribution is -2.46. The molecule has 0 aliphatic rings. The van der Waals surface area contributed by atoms with Crippen molar-refractivity contribution >= 4 is 35.5 Å². The molecule has 0 aliphatic heterocycles. The number of imide groups is 1. The Labute approximate surface area is 157 Å². The van der Waals surface area contributed by atoms with Crippen molar-refractivity contribution in [3.8, 4) is 0 Å². The highest BCUT2D eigenvalue weighted by Crippen LogP contribution is 2.16. The second-order valence-corrected chi connectivity index (χ2v) is 6.78. The first kappa shape index (κ1) is 21.7. The molecule has 0 unspecified atom stereocenters. The van der Waals surface area contributed by atoms with E-state index in [0.717, 1.165) is 4.90 Å². The molecule has 0 aromatic heterocycles. The lowest BCUT2D eigenvalue weighted by atomic mass is 10.1. The van der Waals surface area contributed by atoms with Crippen LogP contribution >= 0.6 is 11.8 Å². The number of carbonyl (C=O) groups is 4. The predicted octanol–water partition coefficient (Wildman–Crippen LogP) is 2.54. The fraction of sp³-hybridized carbons (Fsp3) is 0.444. The zero-order valence-corrected chi connectivity index (χ0v) is 16.1.